The number of carbonyl (C=O) groups is 5. The van der Waals surface area contributed by atoms with Gasteiger partial charge in [-0.15, -0.1) is 0 Å². The lowest BCUT2D eigenvalue weighted by Crippen LogP contribution is -2.53. The minimum atomic E-state index is -1.15. The molecule has 11 heteroatoms. The van der Waals surface area contributed by atoms with Crippen LogP contribution in [-0.4, -0.2) is 65.3 Å². The lowest BCUT2D eigenvalue weighted by Gasteiger charge is -2.27. The molecule has 0 saturated heterocycles. The summed E-state index contributed by atoms with van der Waals surface area (Å²) in [6.07, 6.45) is 6.46. The highest BCUT2D eigenvalue weighted by Gasteiger charge is 2.31. The van der Waals surface area contributed by atoms with Gasteiger partial charge in [0.2, 0.25) is 5.91 Å². The van der Waals surface area contributed by atoms with Crippen molar-refractivity contribution >= 4 is 29.8 Å². The molecule has 0 heterocycles. The van der Waals surface area contributed by atoms with Gasteiger partial charge < -0.3 is 30.2 Å². The van der Waals surface area contributed by atoms with E-state index in [0.717, 1.165) is 38.0 Å². The number of rotatable bonds is 14. The van der Waals surface area contributed by atoms with Crippen LogP contribution in [-0.2, 0) is 33.4 Å². The van der Waals surface area contributed by atoms with Gasteiger partial charge in [-0.3, -0.25) is 9.59 Å². The highest BCUT2D eigenvalue weighted by Crippen LogP contribution is 2.30. The van der Waals surface area contributed by atoms with Crippen LogP contribution in [0.5, 0.6) is 0 Å². The van der Waals surface area contributed by atoms with E-state index in [9.17, 15) is 24.0 Å². The standard InChI is InChI=1S/C33H59N3O8/c1-11-22-15-17-23(18-16-22)27(38)34-21-13-12-14-24(28(39)43-32(5,6)7)35-30(41)36-25(29(40)44-33(8,9)10)19-20-26(37)42-31(2,3)4/h22-25H,11-21H2,1-10H3,(H,34,38)(H2,35,36,41)/t22?,23?,24-,25-/m0/s1. The molecule has 1 rings (SSSR count). The number of hydrogen-bond donors (Lipinski definition) is 3. The van der Waals surface area contributed by atoms with Crippen LogP contribution in [0.4, 0.5) is 4.79 Å². The van der Waals surface area contributed by atoms with Gasteiger partial charge in [0.1, 0.15) is 28.9 Å². The number of urea groups is 1. The van der Waals surface area contributed by atoms with Crippen LogP contribution >= 0.6 is 0 Å². The smallest absolute Gasteiger partial charge is 0.329 e. The van der Waals surface area contributed by atoms with E-state index in [1.165, 1.54) is 0 Å². The number of ether oxygens (including phenoxy) is 3. The van der Waals surface area contributed by atoms with Gasteiger partial charge in [-0.1, -0.05) is 13.3 Å². The van der Waals surface area contributed by atoms with Crippen molar-refractivity contribution in [1.29, 1.82) is 0 Å². The Morgan fingerprint density at radius 2 is 1.16 bits per heavy atom. The highest BCUT2D eigenvalue weighted by atomic mass is 16.6. The first kappa shape index (κ1) is 39.2. The third-order valence-electron chi connectivity index (χ3n) is 7.06. The maximum absolute atomic E-state index is 13.1. The lowest BCUT2D eigenvalue weighted by atomic mass is 9.80. The molecular formula is C33H59N3O8. The van der Waals surface area contributed by atoms with Crippen molar-refractivity contribution < 1.29 is 38.2 Å². The molecule has 1 saturated carbocycles. The molecular weight excluding hydrogens is 566 g/mol. The van der Waals surface area contributed by atoms with Crippen molar-refractivity contribution in [2.75, 3.05) is 6.54 Å². The Balaban J connectivity index is 2.79. The largest absolute Gasteiger partial charge is 0.460 e. The van der Waals surface area contributed by atoms with E-state index in [-0.39, 0.29) is 31.1 Å². The molecule has 0 spiro atoms. The van der Waals surface area contributed by atoms with Crippen LogP contribution in [0.25, 0.3) is 0 Å². The third-order valence-corrected chi connectivity index (χ3v) is 7.06. The van der Waals surface area contributed by atoms with E-state index in [1.807, 2.05) is 0 Å². The van der Waals surface area contributed by atoms with Crippen LogP contribution in [0.15, 0.2) is 0 Å². The molecule has 1 aliphatic carbocycles. The Labute approximate surface area is 264 Å². The van der Waals surface area contributed by atoms with E-state index < -0.39 is 52.8 Å². The molecule has 44 heavy (non-hydrogen) atoms. The summed E-state index contributed by atoms with van der Waals surface area (Å²) in [5.41, 5.74) is -2.28. The molecule has 1 fully saturated rings. The molecule has 3 amide bonds. The zero-order valence-corrected chi connectivity index (χ0v) is 28.9. The number of nitrogens with one attached hydrogen (secondary N) is 3. The van der Waals surface area contributed by atoms with Crippen molar-refractivity contribution in [3.8, 4) is 0 Å². The van der Waals surface area contributed by atoms with Gasteiger partial charge in [-0.05, 0) is 120 Å². The molecule has 2 atom stereocenters. The summed E-state index contributed by atoms with van der Waals surface area (Å²) in [4.78, 5) is 63.8. The second-order valence-electron chi connectivity index (χ2n) is 14.8. The molecule has 11 nitrogen and oxygen atoms in total. The van der Waals surface area contributed by atoms with Gasteiger partial charge in [0.25, 0.3) is 0 Å². The van der Waals surface area contributed by atoms with E-state index in [2.05, 4.69) is 22.9 Å². The number of esters is 3. The maximum atomic E-state index is 13.1. The molecule has 0 aromatic rings. The van der Waals surface area contributed by atoms with Gasteiger partial charge in [0.05, 0.1) is 0 Å². The molecule has 254 valence electrons. The highest BCUT2D eigenvalue weighted by molar-refractivity contribution is 5.87. The summed E-state index contributed by atoms with van der Waals surface area (Å²) < 4.78 is 16.3. The minimum absolute atomic E-state index is 0.0475. The van der Waals surface area contributed by atoms with Gasteiger partial charge in [0.15, 0.2) is 0 Å². The van der Waals surface area contributed by atoms with Gasteiger partial charge in [-0.25, -0.2) is 14.4 Å². The molecule has 0 unspecified atom stereocenters. The van der Waals surface area contributed by atoms with Crippen molar-refractivity contribution in [3.05, 3.63) is 0 Å². The second kappa shape index (κ2) is 17.6. The summed E-state index contributed by atoms with van der Waals surface area (Å²) in [6.45, 7) is 18.2. The van der Waals surface area contributed by atoms with Crippen molar-refractivity contribution in [2.45, 2.75) is 162 Å². The summed E-state index contributed by atoms with van der Waals surface area (Å²) in [5.74, 6) is -0.958. The van der Waals surface area contributed by atoms with Crippen LogP contribution in [0.1, 0.15) is 133 Å². The van der Waals surface area contributed by atoms with Crippen molar-refractivity contribution in [2.24, 2.45) is 11.8 Å². The first-order valence-electron chi connectivity index (χ1n) is 16.2. The summed E-state index contributed by atoms with van der Waals surface area (Å²) >= 11 is 0. The van der Waals surface area contributed by atoms with E-state index in [4.69, 9.17) is 14.2 Å². The average Bonchev–Trinajstić information content (AvgIpc) is 2.87. The number of unbranched alkanes of at least 4 members (excludes halogenated alkanes) is 1. The maximum Gasteiger partial charge on any atom is 0.329 e. The normalized spacial score (nSPS) is 18.8. The predicted octanol–water partition coefficient (Wildman–Crippen LogP) is 5.33. The second-order valence-corrected chi connectivity index (χ2v) is 14.8. The molecule has 1 aliphatic rings. The van der Waals surface area contributed by atoms with Crippen LogP contribution in [0.2, 0.25) is 0 Å². The fraction of sp³-hybridized carbons (Fsp3) is 0.848. The molecule has 0 aromatic heterocycles. The fourth-order valence-corrected chi connectivity index (χ4v) is 4.92. The minimum Gasteiger partial charge on any atom is -0.460 e. The number of carbonyl (C=O) groups excluding carboxylic acids is 5. The third kappa shape index (κ3) is 17.4. The van der Waals surface area contributed by atoms with Crippen LogP contribution in [0, 0.1) is 11.8 Å². The Morgan fingerprint density at radius 3 is 1.61 bits per heavy atom. The Bertz CT molecular complexity index is 954. The summed E-state index contributed by atoms with van der Waals surface area (Å²) in [5, 5.41) is 8.22. The van der Waals surface area contributed by atoms with Gasteiger partial charge in [0, 0.05) is 18.9 Å². The summed E-state index contributed by atoms with van der Waals surface area (Å²) in [7, 11) is 0. The van der Waals surface area contributed by atoms with E-state index in [1.54, 1.807) is 62.3 Å². The Morgan fingerprint density at radius 1 is 0.682 bits per heavy atom. The zero-order chi connectivity index (χ0) is 33.7. The Hall–Kier alpha value is -2.85. The topological polar surface area (TPSA) is 149 Å². The monoisotopic (exact) mass is 625 g/mol. The van der Waals surface area contributed by atoms with Crippen molar-refractivity contribution in [1.82, 2.24) is 16.0 Å². The Kier molecular flexibility index (Phi) is 15.7. The molecule has 0 aliphatic heterocycles. The first-order chi connectivity index (χ1) is 20.2. The number of hydrogen-bond acceptors (Lipinski definition) is 8. The molecule has 3 N–H and O–H groups in total. The quantitative estimate of drug-likeness (QED) is 0.133. The zero-order valence-electron chi connectivity index (χ0n) is 28.9. The van der Waals surface area contributed by atoms with Crippen LogP contribution < -0.4 is 16.0 Å². The first-order valence-corrected chi connectivity index (χ1v) is 16.2. The van der Waals surface area contributed by atoms with Crippen LogP contribution in [0.3, 0.4) is 0 Å². The molecule has 0 aromatic carbocycles. The number of amides is 3. The van der Waals surface area contributed by atoms with Gasteiger partial charge in [-0.2, -0.15) is 0 Å². The van der Waals surface area contributed by atoms with Gasteiger partial charge >= 0.3 is 23.9 Å². The summed E-state index contributed by atoms with van der Waals surface area (Å²) in [6, 6.07) is -2.90. The fourth-order valence-electron chi connectivity index (χ4n) is 4.92. The molecule has 0 radical (unpaired) electrons. The van der Waals surface area contributed by atoms with E-state index in [0.29, 0.717) is 19.4 Å². The average molecular weight is 626 g/mol. The van der Waals surface area contributed by atoms with E-state index >= 15 is 0 Å². The van der Waals surface area contributed by atoms with Crippen molar-refractivity contribution in [3.63, 3.8) is 0 Å². The SMILES string of the molecule is CCC1CCC(C(=O)NCCCC[C@H](NC(=O)N[C@@H](CCC(=O)OC(C)(C)C)C(=O)OC(C)(C)C)C(=O)OC(C)(C)C)CC1. The predicted molar refractivity (Wildman–Crippen MR) is 169 cm³/mol. The molecule has 0 bridgehead atoms. The lowest BCUT2D eigenvalue weighted by molar-refractivity contribution is -0.159.